The minimum absolute atomic E-state index is 0.0682. The Bertz CT molecular complexity index is 563. The number of amides is 2. The van der Waals surface area contributed by atoms with Gasteiger partial charge in [-0.15, -0.1) is 0 Å². The number of benzene rings is 1. The van der Waals surface area contributed by atoms with E-state index in [1.807, 2.05) is 19.1 Å². The van der Waals surface area contributed by atoms with Gasteiger partial charge in [0.1, 0.15) is 0 Å². The van der Waals surface area contributed by atoms with E-state index in [-0.39, 0.29) is 18.2 Å². The fourth-order valence-corrected chi connectivity index (χ4v) is 2.79. The molecule has 1 aliphatic rings. The molecular formula is C17H24N2O3. The first-order valence-corrected chi connectivity index (χ1v) is 7.84. The molecule has 5 heteroatoms. The van der Waals surface area contributed by atoms with Crippen molar-refractivity contribution in [2.75, 3.05) is 10.6 Å². The summed E-state index contributed by atoms with van der Waals surface area (Å²) in [5.41, 5.74) is 1.39. The van der Waals surface area contributed by atoms with E-state index in [9.17, 15) is 14.7 Å². The number of aryl methyl sites for hydroxylation is 1. The molecule has 1 aromatic rings. The average molecular weight is 304 g/mol. The number of carbonyl (C=O) groups is 2. The summed E-state index contributed by atoms with van der Waals surface area (Å²) >= 11 is 0. The van der Waals surface area contributed by atoms with Crippen molar-refractivity contribution in [3.8, 4) is 0 Å². The van der Waals surface area contributed by atoms with Gasteiger partial charge in [0, 0.05) is 17.8 Å². The molecule has 1 aromatic carbocycles. The number of aliphatic hydroxyl groups is 1. The molecule has 0 aliphatic heterocycles. The molecular weight excluding hydrogens is 280 g/mol. The predicted molar refractivity (Wildman–Crippen MR) is 86.8 cm³/mol. The highest BCUT2D eigenvalue weighted by molar-refractivity contribution is 5.95. The SMILES string of the molecule is CCC(=O)Nc1ccc(C)c(NC(=O)CC2(O)CCCC2)c1. The zero-order chi connectivity index (χ0) is 16.2. The largest absolute Gasteiger partial charge is 0.389 e. The molecule has 2 rings (SSSR count). The number of hydrogen-bond donors (Lipinski definition) is 3. The van der Waals surface area contributed by atoms with Crippen LogP contribution in [0.3, 0.4) is 0 Å². The van der Waals surface area contributed by atoms with E-state index in [4.69, 9.17) is 0 Å². The van der Waals surface area contributed by atoms with Gasteiger partial charge in [-0.2, -0.15) is 0 Å². The molecule has 2 amide bonds. The molecule has 5 nitrogen and oxygen atoms in total. The summed E-state index contributed by atoms with van der Waals surface area (Å²) in [7, 11) is 0. The van der Waals surface area contributed by atoms with Gasteiger partial charge >= 0.3 is 0 Å². The highest BCUT2D eigenvalue weighted by Gasteiger charge is 2.33. The Morgan fingerprint density at radius 1 is 1.18 bits per heavy atom. The highest BCUT2D eigenvalue weighted by atomic mass is 16.3. The Hall–Kier alpha value is -1.88. The van der Waals surface area contributed by atoms with Crippen LogP contribution in [-0.4, -0.2) is 22.5 Å². The van der Waals surface area contributed by atoms with Crippen LogP contribution in [0.15, 0.2) is 18.2 Å². The second kappa shape index (κ2) is 6.92. The summed E-state index contributed by atoms with van der Waals surface area (Å²) in [6.45, 7) is 3.68. The van der Waals surface area contributed by atoms with Crippen molar-refractivity contribution in [1.29, 1.82) is 0 Å². The number of rotatable bonds is 5. The van der Waals surface area contributed by atoms with Gasteiger partial charge in [-0.05, 0) is 37.5 Å². The van der Waals surface area contributed by atoms with E-state index >= 15 is 0 Å². The maximum atomic E-state index is 12.2. The number of carbonyl (C=O) groups excluding carboxylic acids is 2. The van der Waals surface area contributed by atoms with Crippen LogP contribution in [0.4, 0.5) is 11.4 Å². The third-order valence-electron chi connectivity index (χ3n) is 4.14. The Morgan fingerprint density at radius 3 is 2.50 bits per heavy atom. The standard InChI is InChI=1S/C17H24N2O3/c1-3-15(20)18-13-7-6-12(2)14(10-13)19-16(21)11-17(22)8-4-5-9-17/h6-7,10,22H,3-5,8-9,11H2,1-2H3,(H,18,20)(H,19,21). The Balaban J connectivity index is 2.03. The minimum atomic E-state index is -0.855. The molecule has 3 N–H and O–H groups in total. The van der Waals surface area contributed by atoms with Crippen molar-refractivity contribution in [2.45, 2.75) is 58.0 Å². The van der Waals surface area contributed by atoms with Crippen LogP contribution in [0.2, 0.25) is 0 Å². The molecule has 1 aliphatic carbocycles. The monoisotopic (exact) mass is 304 g/mol. The van der Waals surface area contributed by atoms with Crippen molar-refractivity contribution >= 4 is 23.2 Å². The topological polar surface area (TPSA) is 78.4 Å². The Kier molecular flexibility index (Phi) is 5.19. The summed E-state index contributed by atoms with van der Waals surface area (Å²) in [4.78, 5) is 23.6. The van der Waals surface area contributed by atoms with Gasteiger partial charge in [0.2, 0.25) is 11.8 Å². The molecule has 0 bridgehead atoms. The van der Waals surface area contributed by atoms with Crippen molar-refractivity contribution in [3.05, 3.63) is 23.8 Å². The lowest BCUT2D eigenvalue weighted by Crippen LogP contribution is -2.30. The van der Waals surface area contributed by atoms with Gasteiger partial charge in [-0.1, -0.05) is 25.8 Å². The maximum Gasteiger partial charge on any atom is 0.227 e. The number of nitrogens with one attached hydrogen (secondary N) is 2. The highest BCUT2D eigenvalue weighted by Crippen LogP contribution is 2.32. The van der Waals surface area contributed by atoms with Crippen molar-refractivity contribution in [1.82, 2.24) is 0 Å². The molecule has 0 aromatic heterocycles. The van der Waals surface area contributed by atoms with Crippen LogP contribution in [0.5, 0.6) is 0 Å². The molecule has 0 spiro atoms. The number of anilines is 2. The predicted octanol–water partition coefficient (Wildman–Crippen LogP) is 2.98. The van der Waals surface area contributed by atoms with Crippen LogP contribution in [0.25, 0.3) is 0 Å². The normalized spacial score (nSPS) is 16.3. The second-order valence-corrected chi connectivity index (χ2v) is 6.09. The van der Waals surface area contributed by atoms with Crippen molar-refractivity contribution in [3.63, 3.8) is 0 Å². The first-order valence-electron chi connectivity index (χ1n) is 7.84. The van der Waals surface area contributed by atoms with Gasteiger partial charge in [0.25, 0.3) is 0 Å². The van der Waals surface area contributed by atoms with Gasteiger partial charge in [-0.25, -0.2) is 0 Å². The number of hydrogen-bond acceptors (Lipinski definition) is 3. The Labute approximate surface area is 131 Å². The zero-order valence-electron chi connectivity index (χ0n) is 13.2. The van der Waals surface area contributed by atoms with Crippen LogP contribution < -0.4 is 10.6 Å². The van der Waals surface area contributed by atoms with E-state index in [0.29, 0.717) is 30.6 Å². The zero-order valence-corrected chi connectivity index (χ0v) is 13.2. The van der Waals surface area contributed by atoms with E-state index in [1.165, 1.54) is 0 Å². The quantitative estimate of drug-likeness (QED) is 0.782. The third kappa shape index (κ3) is 4.31. The van der Waals surface area contributed by atoms with Crippen molar-refractivity contribution in [2.24, 2.45) is 0 Å². The fraction of sp³-hybridized carbons (Fsp3) is 0.529. The molecule has 1 saturated carbocycles. The summed E-state index contributed by atoms with van der Waals surface area (Å²) in [5.74, 6) is -0.257. The Morgan fingerprint density at radius 2 is 1.86 bits per heavy atom. The van der Waals surface area contributed by atoms with E-state index < -0.39 is 5.60 Å². The van der Waals surface area contributed by atoms with Gasteiger partial charge in [0.05, 0.1) is 12.0 Å². The van der Waals surface area contributed by atoms with E-state index in [1.54, 1.807) is 13.0 Å². The van der Waals surface area contributed by atoms with Crippen LogP contribution >= 0.6 is 0 Å². The molecule has 0 unspecified atom stereocenters. The van der Waals surface area contributed by atoms with Crippen LogP contribution in [0.1, 0.15) is 51.0 Å². The second-order valence-electron chi connectivity index (χ2n) is 6.09. The molecule has 22 heavy (non-hydrogen) atoms. The summed E-state index contributed by atoms with van der Waals surface area (Å²) in [5, 5.41) is 15.9. The first kappa shape index (κ1) is 16.5. The molecule has 0 radical (unpaired) electrons. The van der Waals surface area contributed by atoms with Gasteiger partial charge < -0.3 is 15.7 Å². The first-order chi connectivity index (χ1) is 10.4. The van der Waals surface area contributed by atoms with Gasteiger partial charge in [0.15, 0.2) is 0 Å². The summed E-state index contributed by atoms with van der Waals surface area (Å²) < 4.78 is 0. The molecule has 0 atom stereocenters. The molecule has 0 saturated heterocycles. The van der Waals surface area contributed by atoms with Crippen molar-refractivity contribution < 1.29 is 14.7 Å². The lowest BCUT2D eigenvalue weighted by Gasteiger charge is -2.21. The minimum Gasteiger partial charge on any atom is -0.389 e. The fourth-order valence-electron chi connectivity index (χ4n) is 2.79. The third-order valence-corrected chi connectivity index (χ3v) is 4.14. The van der Waals surface area contributed by atoms with E-state index in [2.05, 4.69) is 10.6 Å². The average Bonchev–Trinajstić information content (AvgIpc) is 2.88. The summed E-state index contributed by atoms with van der Waals surface area (Å²) in [6.07, 6.45) is 3.85. The van der Waals surface area contributed by atoms with E-state index in [0.717, 1.165) is 18.4 Å². The van der Waals surface area contributed by atoms with Crippen LogP contribution in [0, 0.1) is 6.92 Å². The van der Waals surface area contributed by atoms with Crippen LogP contribution in [-0.2, 0) is 9.59 Å². The molecule has 120 valence electrons. The lowest BCUT2D eigenvalue weighted by molar-refractivity contribution is -0.121. The molecule has 1 fully saturated rings. The molecule has 0 heterocycles. The summed E-state index contributed by atoms with van der Waals surface area (Å²) in [6, 6.07) is 5.41. The lowest BCUT2D eigenvalue weighted by atomic mass is 9.97. The smallest absolute Gasteiger partial charge is 0.227 e. The maximum absolute atomic E-state index is 12.2. The van der Waals surface area contributed by atoms with Gasteiger partial charge in [-0.3, -0.25) is 9.59 Å².